The highest BCUT2D eigenvalue weighted by Crippen LogP contribution is 2.20. The Kier molecular flexibility index (Phi) is 5.23. The molecule has 5 nitrogen and oxygen atoms in total. The lowest BCUT2D eigenvalue weighted by molar-refractivity contribution is 0.0950. The molecule has 0 aliphatic rings. The van der Waals surface area contributed by atoms with Gasteiger partial charge in [0.2, 0.25) is 10.0 Å². The number of hydrogen-bond donors (Lipinski definition) is 2. The van der Waals surface area contributed by atoms with Crippen molar-refractivity contribution in [1.82, 2.24) is 5.32 Å². The van der Waals surface area contributed by atoms with Crippen LogP contribution in [0.1, 0.15) is 15.9 Å². The topological polar surface area (TPSA) is 89.3 Å². The Morgan fingerprint density at radius 3 is 2.59 bits per heavy atom. The lowest BCUT2D eigenvalue weighted by atomic mass is 10.2. The Labute approximate surface area is 141 Å². The van der Waals surface area contributed by atoms with Gasteiger partial charge in [-0.15, -0.1) is 0 Å². The normalized spacial score (nSPS) is 11.2. The molecule has 2 rings (SSSR count). The molecule has 0 heterocycles. The van der Waals surface area contributed by atoms with Gasteiger partial charge in [0.15, 0.2) is 0 Å². The van der Waals surface area contributed by atoms with E-state index in [9.17, 15) is 13.2 Å². The SMILES string of the molecule is NS(=O)(=O)c1ccc(Br)c(C(=O)NCc2cccc(Cl)c2)c1. The van der Waals surface area contributed by atoms with Crippen LogP contribution in [0.15, 0.2) is 51.8 Å². The highest BCUT2D eigenvalue weighted by Gasteiger charge is 2.15. The highest BCUT2D eigenvalue weighted by atomic mass is 79.9. The van der Waals surface area contributed by atoms with Gasteiger partial charge in [0.05, 0.1) is 10.5 Å². The second-order valence-corrected chi connectivity index (χ2v) is 7.35. The molecule has 0 aromatic heterocycles. The van der Waals surface area contributed by atoms with E-state index >= 15 is 0 Å². The van der Waals surface area contributed by atoms with Gasteiger partial charge in [0.1, 0.15) is 0 Å². The first-order valence-corrected chi connectivity index (χ1v) is 8.84. The quantitative estimate of drug-likeness (QED) is 0.822. The van der Waals surface area contributed by atoms with Crippen LogP contribution in [0.3, 0.4) is 0 Å². The number of primary sulfonamides is 1. The molecule has 0 fully saturated rings. The van der Waals surface area contributed by atoms with E-state index in [-0.39, 0.29) is 17.0 Å². The Morgan fingerprint density at radius 1 is 1.23 bits per heavy atom. The predicted octanol–water partition coefficient (Wildman–Crippen LogP) is 2.68. The van der Waals surface area contributed by atoms with E-state index in [0.717, 1.165) is 5.56 Å². The van der Waals surface area contributed by atoms with Gasteiger partial charge in [-0.2, -0.15) is 0 Å². The van der Waals surface area contributed by atoms with Crippen LogP contribution < -0.4 is 10.5 Å². The molecule has 2 aromatic rings. The van der Waals surface area contributed by atoms with E-state index in [1.54, 1.807) is 18.2 Å². The number of amides is 1. The molecule has 8 heteroatoms. The summed E-state index contributed by atoms with van der Waals surface area (Å²) in [4.78, 5) is 12.1. The number of benzene rings is 2. The number of sulfonamides is 1. The third kappa shape index (κ3) is 4.30. The van der Waals surface area contributed by atoms with Crippen molar-refractivity contribution < 1.29 is 13.2 Å². The number of carbonyl (C=O) groups excluding carboxylic acids is 1. The summed E-state index contributed by atoms with van der Waals surface area (Å²) in [6.07, 6.45) is 0. The third-order valence-corrected chi connectivity index (χ3v) is 4.69. The van der Waals surface area contributed by atoms with Crippen molar-refractivity contribution in [2.24, 2.45) is 5.14 Å². The van der Waals surface area contributed by atoms with Crippen molar-refractivity contribution in [3.63, 3.8) is 0 Å². The van der Waals surface area contributed by atoms with Gasteiger partial charge >= 0.3 is 0 Å². The molecule has 22 heavy (non-hydrogen) atoms. The molecule has 3 N–H and O–H groups in total. The number of rotatable bonds is 4. The summed E-state index contributed by atoms with van der Waals surface area (Å²) < 4.78 is 23.2. The minimum atomic E-state index is -3.87. The fraction of sp³-hybridized carbons (Fsp3) is 0.0714. The van der Waals surface area contributed by atoms with Crippen molar-refractivity contribution in [3.05, 3.63) is 63.1 Å². The zero-order chi connectivity index (χ0) is 16.3. The Balaban J connectivity index is 2.19. The summed E-state index contributed by atoms with van der Waals surface area (Å²) in [5.74, 6) is -0.419. The van der Waals surface area contributed by atoms with E-state index in [1.165, 1.54) is 18.2 Å². The molecule has 0 unspecified atom stereocenters. The summed E-state index contributed by atoms with van der Waals surface area (Å²) in [5.41, 5.74) is 1.02. The summed E-state index contributed by atoms with van der Waals surface area (Å²) in [6.45, 7) is 0.269. The minimum Gasteiger partial charge on any atom is -0.348 e. The van der Waals surface area contributed by atoms with Crippen molar-refractivity contribution >= 4 is 43.5 Å². The zero-order valence-electron chi connectivity index (χ0n) is 11.2. The van der Waals surface area contributed by atoms with E-state index < -0.39 is 15.9 Å². The molecule has 1 amide bonds. The molecular weight excluding hydrogens is 392 g/mol. The average molecular weight is 404 g/mol. The van der Waals surface area contributed by atoms with Crippen LogP contribution in [0.2, 0.25) is 5.02 Å². The van der Waals surface area contributed by atoms with Gasteiger partial charge in [-0.3, -0.25) is 4.79 Å². The smallest absolute Gasteiger partial charge is 0.252 e. The molecule has 0 spiro atoms. The largest absolute Gasteiger partial charge is 0.348 e. The molecule has 0 radical (unpaired) electrons. The summed E-state index contributed by atoms with van der Waals surface area (Å²) >= 11 is 9.09. The van der Waals surface area contributed by atoms with Crippen LogP contribution in [0, 0.1) is 0 Å². The van der Waals surface area contributed by atoms with Gasteiger partial charge in [-0.1, -0.05) is 23.7 Å². The average Bonchev–Trinajstić information content (AvgIpc) is 2.44. The van der Waals surface area contributed by atoms with Crippen LogP contribution in [0.5, 0.6) is 0 Å². The first-order chi connectivity index (χ1) is 10.3. The maximum absolute atomic E-state index is 12.2. The maximum atomic E-state index is 12.2. The highest BCUT2D eigenvalue weighted by molar-refractivity contribution is 9.10. The monoisotopic (exact) mass is 402 g/mol. The fourth-order valence-electron chi connectivity index (χ4n) is 1.78. The van der Waals surface area contributed by atoms with E-state index in [0.29, 0.717) is 9.50 Å². The first-order valence-electron chi connectivity index (χ1n) is 6.12. The lowest BCUT2D eigenvalue weighted by Crippen LogP contribution is -2.24. The van der Waals surface area contributed by atoms with Crippen LogP contribution >= 0.6 is 27.5 Å². The van der Waals surface area contributed by atoms with Crippen LogP contribution in [-0.2, 0) is 16.6 Å². The summed E-state index contributed by atoms with van der Waals surface area (Å²) in [6, 6.07) is 11.1. The Bertz CT molecular complexity index is 825. The third-order valence-electron chi connectivity index (χ3n) is 2.85. The number of carbonyl (C=O) groups is 1. The van der Waals surface area contributed by atoms with Gasteiger partial charge in [0, 0.05) is 16.0 Å². The van der Waals surface area contributed by atoms with E-state index in [2.05, 4.69) is 21.2 Å². The Hall–Kier alpha value is -1.41. The van der Waals surface area contributed by atoms with E-state index in [4.69, 9.17) is 16.7 Å². The first kappa shape index (κ1) is 17.0. The second kappa shape index (κ2) is 6.78. The Morgan fingerprint density at radius 2 is 1.95 bits per heavy atom. The van der Waals surface area contributed by atoms with Crippen LogP contribution in [0.4, 0.5) is 0 Å². The summed E-state index contributed by atoms with van der Waals surface area (Å²) in [7, 11) is -3.87. The van der Waals surface area contributed by atoms with Gasteiger partial charge in [0.25, 0.3) is 5.91 Å². The lowest BCUT2D eigenvalue weighted by Gasteiger charge is -2.09. The fourth-order valence-corrected chi connectivity index (χ4v) is 2.96. The van der Waals surface area contributed by atoms with Gasteiger partial charge < -0.3 is 5.32 Å². The molecule has 0 aliphatic carbocycles. The number of hydrogen-bond acceptors (Lipinski definition) is 3. The van der Waals surface area contributed by atoms with Crippen molar-refractivity contribution in [2.45, 2.75) is 11.4 Å². The number of nitrogens with two attached hydrogens (primary N) is 1. The standard InChI is InChI=1S/C14H12BrClN2O3S/c15-13-5-4-11(22(17,20)21)7-12(13)14(19)18-8-9-2-1-3-10(16)6-9/h1-7H,8H2,(H,18,19)(H2,17,20,21). The molecule has 0 aliphatic heterocycles. The minimum absolute atomic E-state index is 0.122. The van der Waals surface area contributed by atoms with Crippen LogP contribution in [0.25, 0.3) is 0 Å². The number of nitrogens with one attached hydrogen (secondary N) is 1. The van der Waals surface area contributed by atoms with Crippen molar-refractivity contribution in [1.29, 1.82) is 0 Å². The zero-order valence-corrected chi connectivity index (χ0v) is 14.4. The second-order valence-electron chi connectivity index (χ2n) is 4.50. The van der Waals surface area contributed by atoms with Gasteiger partial charge in [-0.05, 0) is 51.8 Å². The molecule has 0 saturated carbocycles. The molecule has 0 saturated heterocycles. The van der Waals surface area contributed by atoms with Gasteiger partial charge in [-0.25, -0.2) is 13.6 Å². The molecular formula is C14H12BrClN2O3S. The van der Waals surface area contributed by atoms with E-state index in [1.807, 2.05) is 6.07 Å². The number of halogens is 2. The molecule has 0 bridgehead atoms. The molecule has 0 atom stereocenters. The molecule has 2 aromatic carbocycles. The van der Waals surface area contributed by atoms with Crippen molar-refractivity contribution in [3.8, 4) is 0 Å². The molecule has 116 valence electrons. The predicted molar refractivity (Wildman–Crippen MR) is 88.1 cm³/mol. The summed E-state index contributed by atoms with van der Waals surface area (Å²) in [5, 5.41) is 8.34. The van der Waals surface area contributed by atoms with Crippen molar-refractivity contribution in [2.75, 3.05) is 0 Å². The van der Waals surface area contributed by atoms with Crippen LogP contribution in [-0.4, -0.2) is 14.3 Å². The maximum Gasteiger partial charge on any atom is 0.252 e.